The summed E-state index contributed by atoms with van der Waals surface area (Å²) in [7, 11) is 0. The van der Waals surface area contributed by atoms with E-state index in [0.29, 0.717) is 6.42 Å². The molecule has 0 aliphatic rings. The van der Waals surface area contributed by atoms with Gasteiger partial charge in [0.05, 0.1) is 0 Å². The van der Waals surface area contributed by atoms with Crippen molar-refractivity contribution in [1.29, 1.82) is 0 Å². The molecule has 1 amide bonds. The maximum atomic E-state index is 11.0. The first kappa shape index (κ1) is 11.4. The van der Waals surface area contributed by atoms with Crippen LogP contribution in [-0.2, 0) is 4.79 Å². The van der Waals surface area contributed by atoms with Crippen molar-refractivity contribution in [2.75, 3.05) is 13.2 Å². The molecule has 0 spiro atoms. The zero-order valence-corrected chi connectivity index (χ0v) is 7.81. The number of carbonyl (C=O) groups is 1. The van der Waals surface area contributed by atoms with E-state index in [1.54, 1.807) is 0 Å². The first-order valence-electron chi connectivity index (χ1n) is 4.68. The predicted molar refractivity (Wildman–Crippen MR) is 48.9 cm³/mol. The lowest BCUT2D eigenvalue weighted by atomic mass is 10.2. The summed E-state index contributed by atoms with van der Waals surface area (Å²) < 4.78 is 0. The predicted octanol–water partition coefficient (Wildman–Crippen LogP) is 1.07. The Bertz CT molecular complexity index is 103. The van der Waals surface area contributed by atoms with Crippen molar-refractivity contribution < 1.29 is 9.90 Å². The molecular formula is C9H19NO2. The summed E-state index contributed by atoms with van der Waals surface area (Å²) in [6.07, 6.45) is 4.21. The van der Waals surface area contributed by atoms with Crippen molar-refractivity contribution in [2.45, 2.75) is 39.0 Å². The Labute approximate surface area is 74.2 Å². The highest BCUT2D eigenvalue weighted by atomic mass is 16.2. The van der Waals surface area contributed by atoms with E-state index in [0.717, 1.165) is 32.2 Å². The summed E-state index contributed by atoms with van der Waals surface area (Å²) in [5.41, 5.74) is 0. The van der Waals surface area contributed by atoms with Gasteiger partial charge in [0.1, 0.15) is 0 Å². The molecule has 0 rings (SSSR count). The van der Waals surface area contributed by atoms with Gasteiger partial charge in [-0.2, -0.15) is 0 Å². The number of hydrogen-bond donors (Lipinski definition) is 2. The fraction of sp³-hybridized carbons (Fsp3) is 0.889. The van der Waals surface area contributed by atoms with Gasteiger partial charge in [0.15, 0.2) is 0 Å². The van der Waals surface area contributed by atoms with Gasteiger partial charge >= 0.3 is 0 Å². The fourth-order valence-electron chi connectivity index (χ4n) is 0.890. The van der Waals surface area contributed by atoms with Crippen LogP contribution in [0.1, 0.15) is 39.0 Å². The molecule has 72 valence electrons. The molecule has 12 heavy (non-hydrogen) atoms. The van der Waals surface area contributed by atoms with Crippen LogP contribution in [0.3, 0.4) is 0 Å². The Hall–Kier alpha value is -0.570. The fourth-order valence-corrected chi connectivity index (χ4v) is 0.890. The Morgan fingerprint density at radius 2 is 2.08 bits per heavy atom. The molecule has 0 aromatic heterocycles. The van der Waals surface area contributed by atoms with Crippen LogP contribution in [0.2, 0.25) is 0 Å². The summed E-state index contributed by atoms with van der Waals surface area (Å²) >= 11 is 0. The molecule has 0 aliphatic carbocycles. The molecule has 0 aliphatic heterocycles. The molecule has 3 nitrogen and oxygen atoms in total. The first-order chi connectivity index (χ1) is 5.81. The topological polar surface area (TPSA) is 49.3 Å². The smallest absolute Gasteiger partial charge is 0.219 e. The van der Waals surface area contributed by atoms with Gasteiger partial charge < -0.3 is 10.4 Å². The van der Waals surface area contributed by atoms with Crippen LogP contribution in [0.15, 0.2) is 0 Å². The SMILES string of the molecule is CCCCNC(=O)CCCCO. The van der Waals surface area contributed by atoms with E-state index in [2.05, 4.69) is 12.2 Å². The summed E-state index contributed by atoms with van der Waals surface area (Å²) in [6.45, 7) is 3.06. The largest absolute Gasteiger partial charge is 0.396 e. The molecule has 2 N–H and O–H groups in total. The lowest BCUT2D eigenvalue weighted by molar-refractivity contribution is -0.121. The highest BCUT2D eigenvalue weighted by molar-refractivity contribution is 5.75. The molecule has 0 bridgehead atoms. The number of hydrogen-bond acceptors (Lipinski definition) is 2. The van der Waals surface area contributed by atoms with Crippen molar-refractivity contribution >= 4 is 5.91 Å². The molecule has 0 fully saturated rings. The van der Waals surface area contributed by atoms with Crippen molar-refractivity contribution in [1.82, 2.24) is 5.32 Å². The zero-order valence-electron chi connectivity index (χ0n) is 7.81. The van der Waals surface area contributed by atoms with E-state index in [1.807, 2.05) is 0 Å². The van der Waals surface area contributed by atoms with Gasteiger partial charge in [-0.15, -0.1) is 0 Å². The zero-order chi connectivity index (χ0) is 9.23. The lowest BCUT2D eigenvalue weighted by Crippen LogP contribution is -2.23. The Balaban J connectivity index is 3.10. The van der Waals surface area contributed by atoms with Crippen LogP contribution in [0, 0.1) is 0 Å². The van der Waals surface area contributed by atoms with Crippen LogP contribution >= 0.6 is 0 Å². The van der Waals surface area contributed by atoms with Crippen LogP contribution in [0.25, 0.3) is 0 Å². The number of rotatable bonds is 7. The van der Waals surface area contributed by atoms with Crippen LogP contribution in [0.4, 0.5) is 0 Å². The molecular weight excluding hydrogens is 154 g/mol. The van der Waals surface area contributed by atoms with E-state index in [1.165, 1.54) is 0 Å². The molecule has 0 heterocycles. The van der Waals surface area contributed by atoms with Gasteiger partial charge in [-0.05, 0) is 19.3 Å². The molecule has 0 aromatic rings. The van der Waals surface area contributed by atoms with E-state index < -0.39 is 0 Å². The number of aliphatic hydroxyl groups excluding tert-OH is 1. The summed E-state index contributed by atoms with van der Waals surface area (Å²) in [5, 5.41) is 11.3. The molecule has 3 heteroatoms. The van der Waals surface area contributed by atoms with Crippen molar-refractivity contribution in [3.05, 3.63) is 0 Å². The monoisotopic (exact) mass is 173 g/mol. The number of nitrogens with one attached hydrogen (secondary N) is 1. The third kappa shape index (κ3) is 7.54. The van der Waals surface area contributed by atoms with Gasteiger partial charge in [0, 0.05) is 19.6 Å². The minimum Gasteiger partial charge on any atom is -0.396 e. The van der Waals surface area contributed by atoms with Gasteiger partial charge in [-0.25, -0.2) is 0 Å². The maximum Gasteiger partial charge on any atom is 0.219 e. The standard InChI is InChI=1S/C9H19NO2/c1-2-3-7-10-9(12)6-4-5-8-11/h11H,2-8H2,1H3,(H,10,12). The number of aliphatic hydroxyl groups is 1. The quantitative estimate of drug-likeness (QED) is 0.566. The van der Waals surface area contributed by atoms with E-state index in [-0.39, 0.29) is 12.5 Å². The number of carbonyl (C=O) groups excluding carboxylic acids is 1. The van der Waals surface area contributed by atoms with E-state index in [9.17, 15) is 4.79 Å². The second-order valence-electron chi connectivity index (χ2n) is 2.88. The summed E-state index contributed by atoms with van der Waals surface area (Å²) in [5.74, 6) is 0.108. The first-order valence-corrected chi connectivity index (χ1v) is 4.68. The number of unbranched alkanes of at least 4 members (excludes halogenated alkanes) is 2. The molecule has 0 aromatic carbocycles. The van der Waals surface area contributed by atoms with E-state index in [4.69, 9.17) is 5.11 Å². The average Bonchev–Trinajstić information content (AvgIpc) is 2.06. The van der Waals surface area contributed by atoms with Gasteiger partial charge in [-0.3, -0.25) is 4.79 Å². The second-order valence-corrected chi connectivity index (χ2v) is 2.88. The second kappa shape index (κ2) is 8.53. The van der Waals surface area contributed by atoms with Crippen molar-refractivity contribution in [3.8, 4) is 0 Å². The Kier molecular flexibility index (Phi) is 8.12. The van der Waals surface area contributed by atoms with Crippen LogP contribution in [0.5, 0.6) is 0 Å². The highest BCUT2D eigenvalue weighted by Gasteiger charge is 1.98. The van der Waals surface area contributed by atoms with Crippen molar-refractivity contribution in [3.63, 3.8) is 0 Å². The maximum absolute atomic E-state index is 11.0. The molecule has 0 atom stereocenters. The molecule has 0 saturated heterocycles. The molecule has 0 saturated carbocycles. The minimum absolute atomic E-state index is 0.108. The Morgan fingerprint density at radius 1 is 1.33 bits per heavy atom. The van der Waals surface area contributed by atoms with Crippen molar-refractivity contribution in [2.24, 2.45) is 0 Å². The highest BCUT2D eigenvalue weighted by Crippen LogP contribution is 1.93. The van der Waals surface area contributed by atoms with Gasteiger partial charge in [-0.1, -0.05) is 13.3 Å². The van der Waals surface area contributed by atoms with E-state index >= 15 is 0 Å². The normalized spacial score (nSPS) is 9.83. The minimum atomic E-state index is 0.108. The Morgan fingerprint density at radius 3 is 2.67 bits per heavy atom. The molecule has 0 radical (unpaired) electrons. The average molecular weight is 173 g/mol. The van der Waals surface area contributed by atoms with Crippen LogP contribution < -0.4 is 5.32 Å². The lowest BCUT2D eigenvalue weighted by Gasteiger charge is -2.02. The summed E-state index contributed by atoms with van der Waals surface area (Å²) in [6, 6.07) is 0. The number of amides is 1. The van der Waals surface area contributed by atoms with Gasteiger partial charge in [0.25, 0.3) is 0 Å². The van der Waals surface area contributed by atoms with Gasteiger partial charge in [0.2, 0.25) is 5.91 Å². The molecule has 0 unspecified atom stereocenters. The third-order valence-corrected chi connectivity index (χ3v) is 1.66. The third-order valence-electron chi connectivity index (χ3n) is 1.66. The van der Waals surface area contributed by atoms with Crippen LogP contribution in [-0.4, -0.2) is 24.2 Å². The summed E-state index contributed by atoms with van der Waals surface area (Å²) in [4.78, 5) is 11.0.